The maximum absolute atomic E-state index is 12.2. The van der Waals surface area contributed by atoms with Gasteiger partial charge in [0.25, 0.3) is 5.91 Å². The van der Waals surface area contributed by atoms with Crippen LogP contribution in [-0.4, -0.2) is 12.5 Å². The molecule has 0 unspecified atom stereocenters. The van der Waals surface area contributed by atoms with Gasteiger partial charge in [0.1, 0.15) is 11.3 Å². The molecule has 5 nitrogen and oxygen atoms in total. The number of ether oxygens (including phenoxy) is 1. The molecule has 0 fully saturated rings. The van der Waals surface area contributed by atoms with Gasteiger partial charge in [0.2, 0.25) is 0 Å². The summed E-state index contributed by atoms with van der Waals surface area (Å²) in [4.78, 5) is 24.3. The van der Waals surface area contributed by atoms with Gasteiger partial charge in [-0.2, -0.15) is 0 Å². The van der Waals surface area contributed by atoms with Crippen LogP contribution >= 0.6 is 11.6 Å². The molecule has 0 aliphatic heterocycles. The number of carbonyl (C=O) groups is 1. The van der Waals surface area contributed by atoms with Crippen molar-refractivity contribution in [3.8, 4) is 5.75 Å². The smallest absolute Gasteiger partial charge is 0.339 e. The Morgan fingerprint density at radius 1 is 1.19 bits per heavy atom. The van der Waals surface area contributed by atoms with Gasteiger partial charge in [-0.05, 0) is 61.6 Å². The van der Waals surface area contributed by atoms with Crippen molar-refractivity contribution >= 4 is 34.2 Å². The summed E-state index contributed by atoms with van der Waals surface area (Å²) >= 11 is 5.96. The molecule has 3 aromatic rings. The molecule has 1 aliphatic rings. The summed E-state index contributed by atoms with van der Waals surface area (Å²) in [5.74, 6) is 0.178. The molecule has 1 heterocycles. The molecule has 138 valence electrons. The Morgan fingerprint density at radius 2 is 2.00 bits per heavy atom. The second-order valence-electron chi connectivity index (χ2n) is 6.65. The lowest BCUT2D eigenvalue weighted by molar-refractivity contribution is -0.118. The van der Waals surface area contributed by atoms with Crippen LogP contribution in [0.15, 0.2) is 45.6 Å². The van der Waals surface area contributed by atoms with E-state index in [1.165, 1.54) is 0 Å². The Hall–Kier alpha value is -2.79. The molecule has 0 saturated carbocycles. The van der Waals surface area contributed by atoms with Crippen LogP contribution in [0.5, 0.6) is 5.75 Å². The Balaban J connectivity index is 1.49. The van der Waals surface area contributed by atoms with Crippen molar-refractivity contribution in [2.24, 2.45) is 0 Å². The molecule has 1 aliphatic carbocycles. The molecule has 4 rings (SSSR count). The van der Waals surface area contributed by atoms with Crippen molar-refractivity contribution in [1.29, 1.82) is 0 Å². The Kier molecular flexibility index (Phi) is 4.62. The van der Waals surface area contributed by atoms with Crippen LogP contribution in [-0.2, 0) is 17.6 Å². The fourth-order valence-corrected chi connectivity index (χ4v) is 3.59. The van der Waals surface area contributed by atoms with E-state index < -0.39 is 0 Å². The normalized spacial score (nSPS) is 12.8. The average molecular weight is 384 g/mol. The van der Waals surface area contributed by atoms with Crippen LogP contribution in [0, 0.1) is 6.92 Å². The Bertz CT molecular complexity index is 1100. The van der Waals surface area contributed by atoms with Crippen LogP contribution in [0.1, 0.15) is 23.1 Å². The summed E-state index contributed by atoms with van der Waals surface area (Å²) in [5.41, 5.74) is 3.63. The van der Waals surface area contributed by atoms with Crippen molar-refractivity contribution in [3.63, 3.8) is 0 Å². The highest BCUT2D eigenvalue weighted by molar-refractivity contribution is 6.31. The fourth-order valence-electron chi connectivity index (χ4n) is 3.42. The van der Waals surface area contributed by atoms with Crippen LogP contribution in [0.4, 0.5) is 5.69 Å². The van der Waals surface area contributed by atoms with Crippen molar-refractivity contribution < 1.29 is 13.9 Å². The minimum atomic E-state index is -0.295. The lowest BCUT2D eigenvalue weighted by Crippen LogP contribution is -2.20. The van der Waals surface area contributed by atoms with E-state index in [4.69, 9.17) is 20.8 Å². The van der Waals surface area contributed by atoms with Crippen LogP contribution in [0.3, 0.4) is 0 Å². The topological polar surface area (TPSA) is 68.5 Å². The molecule has 1 aromatic heterocycles. The summed E-state index contributed by atoms with van der Waals surface area (Å²) in [5, 5.41) is 4.27. The lowest BCUT2D eigenvalue weighted by atomic mass is 10.1. The molecule has 0 spiro atoms. The second kappa shape index (κ2) is 7.08. The predicted molar refractivity (Wildman–Crippen MR) is 105 cm³/mol. The molecule has 0 saturated heterocycles. The highest BCUT2D eigenvalue weighted by atomic mass is 35.5. The van der Waals surface area contributed by atoms with Gasteiger partial charge < -0.3 is 14.5 Å². The molecular formula is C21H18ClNO4. The minimum Gasteiger partial charge on any atom is -0.484 e. The van der Waals surface area contributed by atoms with Crippen molar-refractivity contribution in [2.75, 3.05) is 11.9 Å². The molecule has 0 radical (unpaired) electrons. The highest BCUT2D eigenvalue weighted by Gasteiger charge is 2.19. The standard InChI is InChI=1S/C21H18ClNO4/c1-12-5-6-13(22)9-18(12)23-20(24)11-26-14-7-8-16-15-3-2-4-17(15)21(25)27-19(16)10-14/h5-10H,2-4,11H2,1H3,(H,23,24). The van der Waals surface area contributed by atoms with Gasteiger partial charge in [-0.25, -0.2) is 4.79 Å². The van der Waals surface area contributed by atoms with E-state index in [0.717, 1.165) is 41.3 Å². The molecule has 27 heavy (non-hydrogen) atoms. The number of fused-ring (bicyclic) bond motifs is 3. The first-order chi connectivity index (χ1) is 13.0. The zero-order valence-electron chi connectivity index (χ0n) is 14.8. The van der Waals surface area contributed by atoms with Crippen LogP contribution in [0.2, 0.25) is 5.02 Å². The minimum absolute atomic E-state index is 0.160. The number of hydrogen-bond acceptors (Lipinski definition) is 4. The van der Waals surface area contributed by atoms with Crippen LogP contribution in [0.25, 0.3) is 11.0 Å². The van der Waals surface area contributed by atoms with E-state index >= 15 is 0 Å². The maximum Gasteiger partial charge on any atom is 0.339 e. The number of amides is 1. The number of carbonyl (C=O) groups excluding carboxylic acids is 1. The van der Waals surface area contributed by atoms with Crippen molar-refractivity contribution in [2.45, 2.75) is 26.2 Å². The van der Waals surface area contributed by atoms with Crippen LogP contribution < -0.4 is 15.7 Å². The molecular weight excluding hydrogens is 366 g/mol. The molecule has 1 amide bonds. The zero-order valence-corrected chi connectivity index (χ0v) is 15.6. The first-order valence-corrected chi connectivity index (χ1v) is 9.16. The van der Waals surface area contributed by atoms with Gasteiger partial charge in [-0.15, -0.1) is 0 Å². The number of aryl methyl sites for hydroxylation is 2. The van der Waals surface area contributed by atoms with E-state index in [1.807, 2.05) is 19.1 Å². The third kappa shape index (κ3) is 3.55. The monoisotopic (exact) mass is 383 g/mol. The predicted octanol–water partition coefficient (Wildman–Crippen LogP) is 4.26. The Morgan fingerprint density at radius 3 is 2.85 bits per heavy atom. The number of rotatable bonds is 4. The number of anilines is 1. The van der Waals surface area contributed by atoms with E-state index in [0.29, 0.717) is 22.0 Å². The third-order valence-electron chi connectivity index (χ3n) is 4.79. The highest BCUT2D eigenvalue weighted by Crippen LogP contribution is 2.29. The first-order valence-electron chi connectivity index (χ1n) is 8.79. The van der Waals surface area contributed by atoms with E-state index in [1.54, 1.807) is 24.3 Å². The quantitative estimate of drug-likeness (QED) is 0.683. The Labute approximate surface area is 160 Å². The largest absolute Gasteiger partial charge is 0.484 e. The van der Waals surface area contributed by atoms with E-state index in [9.17, 15) is 9.59 Å². The van der Waals surface area contributed by atoms with Crippen molar-refractivity contribution in [1.82, 2.24) is 0 Å². The van der Waals surface area contributed by atoms with E-state index in [-0.39, 0.29) is 18.1 Å². The summed E-state index contributed by atoms with van der Waals surface area (Å²) in [6, 6.07) is 10.6. The molecule has 2 aromatic carbocycles. The molecule has 0 bridgehead atoms. The summed E-state index contributed by atoms with van der Waals surface area (Å²) in [7, 11) is 0. The van der Waals surface area contributed by atoms with Gasteiger partial charge in [-0.1, -0.05) is 17.7 Å². The molecule has 6 heteroatoms. The second-order valence-corrected chi connectivity index (χ2v) is 7.09. The lowest BCUT2D eigenvalue weighted by Gasteiger charge is -2.11. The average Bonchev–Trinajstić information content (AvgIpc) is 3.13. The van der Waals surface area contributed by atoms with E-state index in [2.05, 4.69) is 5.32 Å². The third-order valence-corrected chi connectivity index (χ3v) is 5.02. The fraction of sp³-hybridized carbons (Fsp3) is 0.238. The van der Waals surface area contributed by atoms with Gasteiger partial charge in [-0.3, -0.25) is 4.79 Å². The van der Waals surface area contributed by atoms with Gasteiger partial charge in [0.15, 0.2) is 6.61 Å². The van der Waals surface area contributed by atoms with Gasteiger partial charge in [0, 0.05) is 27.7 Å². The zero-order chi connectivity index (χ0) is 19.0. The van der Waals surface area contributed by atoms with Gasteiger partial charge in [0.05, 0.1) is 0 Å². The number of halogens is 1. The SMILES string of the molecule is Cc1ccc(Cl)cc1NC(=O)COc1ccc2c3c(c(=O)oc2c1)CCC3. The van der Waals surface area contributed by atoms with Gasteiger partial charge >= 0.3 is 5.63 Å². The molecule has 1 N–H and O–H groups in total. The van der Waals surface area contributed by atoms with Crippen molar-refractivity contribution in [3.05, 3.63) is 68.5 Å². The number of nitrogens with one attached hydrogen (secondary N) is 1. The number of benzene rings is 2. The first kappa shape index (κ1) is 17.6. The summed E-state index contributed by atoms with van der Waals surface area (Å²) in [6.07, 6.45) is 2.63. The number of hydrogen-bond donors (Lipinski definition) is 1. The summed E-state index contributed by atoms with van der Waals surface area (Å²) in [6.45, 7) is 1.73. The molecule has 0 atom stereocenters. The maximum atomic E-state index is 12.2. The summed E-state index contributed by atoms with van der Waals surface area (Å²) < 4.78 is 11.0.